The van der Waals surface area contributed by atoms with Crippen molar-refractivity contribution in [3.05, 3.63) is 23.8 Å². The molecule has 0 amide bonds. The minimum absolute atomic E-state index is 0.0999. The largest absolute Gasteiger partial charge is 0.493 e. The van der Waals surface area contributed by atoms with E-state index in [1.54, 1.807) is 14.2 Å². The molecular weight excluding hydrogens is 382 g/mol. The highest BCUT2D eigenvalue weighted by Crippen LogP contribution is 2.31. The number of hydrogen-bond donors (Lipinski definition) is 1. The Balaban J connectivity index is 1.51. The molecule has 1 aromatic carbocycles. The van der Waals surface area contributed by atoms with Crippen molar-refractivity contribution in [2.24, 2.45) is 0 Å². The van der Waals surface area contributed by atoms with Gasteiger partial charge in [-0.2, -0.15) is 0 Å². The number of ether oxygens (including phenoxy) is 3. The topological polar surface area (TPSA) is 54.4 Å². The SMILES string of the molecule is COc1ccc(CN2CCC(F)(F)CC2)cc1OCC(O)CN1CC(C)(OC)C1. The highest BCUT2D eigenvalue weighted by atomic mass is 19.3. The summed E-state index contributed by atoms with van der Waals surface area (Å²) in [6.45, 7) is 5.63. The molecule has 164 valence electrons. The van der Waals surface area contributed by atoms with E-state index in [9.17, 15) is 13.9 Å². The van der Waals surface area contributed by atoms with Crippen molar-refractivity contribution < 1.29 is 28.1 Å². The normalized spacial score (nSPS) is 22.7. The van der Waals surface area contributed by atoms with E-state index in [4.69, 9.17) is 14.2 Å². The maximum atomic E-state index is 13.3. The number of halogens is 2. The van der Waals surface area contributed by atoms with Crippen LogP contribution in [0.15, 0.2) is 18.2 Å². The number of aliphatic hydroxyl groups excluding tert-OH is 1. The Morgan fingerprint density at radius 3 is 2.41 bits per heavy atom. The van der Waals surface area contributed by atoms with Crippen LogP contribution in [-0.4, -0.2) is 86.1 Å². The first-order valence-corrected chi connectivity index (χ1v) is 10.1. The minimum atomic E-state index is -2.54. The quantitative estimate of drug-likeness (QED) is 0.670. The lowest BCUT2D eigenvalue weighted by Gasteiger charge is -2.47. The van der Waals surface area contributed by atoms with Gasteiger partial charge >= 0.3 is 0 Å². The molecule has 2 aliphatic heterocycles. The summed E-state index contributed by atoms with van der Waals surface area (Å²) in [6, 6.07) is 5.60. The van der Waals surface area contributed by atoms with Gasteiger partial charge in [-0.25, -0.2) is 8.78 Å². The molecule has 2 fully saturated rings. The molecule has 6 nitrogen and oxygen atoms in total. The van der Waals surface area contributed by atoms with Crippen LogP contribution in [0.25, 0.3) is 0 Å². The summed E-state index contributed by atoms with van der Waals surface area (Å²) in [5.74, 6) is -1.41. The van der Waals surface area contributed by atoms with Gasteiger partial charge in [0.1, 0.15) is 12.7 Å². The van der Waals surface area contributed by atoms with Crippen molar-refractivity contribution in [3.63, 3.8) is 0 Å². The molecule has 0 aromatic heterocycles. The summed E-state index contributed by atoms with van der Waals surface area (Å²) in [5.41, 5.74) is 0.843. The number of nitrogens with zero attached hydrogens (tertiary/aromatic N) is 2. The van der Waals surface area contributed by atoms with Crippen molar-refractivity contribution in [3.8, 4) is 11.5 Å². The van der Waals surface area contributed by atoms with Gasteiger partial charge in [0, 0.05) is 59.2 Å². The summed E-state index contributed by atoms with van der Waals surface area (Å²) in [6.07, 6.45) is -0.830. The predicted molar refractivity (Wildman–Crippen MR) is 106 cm³/mol. The third kappa shape index (κ3) is 6.01. The molecule has 29 heavy (non-hydrogen) atoms. The Morgan fingerprint density at radius 1 is 1.10 bits per heavy atom. The molecule has 2 saturated heterocycles. The maximum absolute atomic E-state index is 13.3. The minimum Gasteiger partial charge on any atom is -0.493 e. The number of methoxy groups -OCH3 is 2. The first kappa shape index (κ1) is 22.2. The number of aliphatic hydroxyl groups is 1. The molecule has 1 atom stereocenters. The lowest BCUT2D eigenvalue weighted by Crippen LogP contribution is -2.62. The molecule has 0 saturated carbocycles. The second-order valence-electron chi connectivity index (χ2n) is 8.41. The number of rotatable bonds is 9. The molecule has 0 spiro atoms. The fraction of sp³-hybridized carbons (Fsp3) is 0.714. The van der Waals surface area contributed by atoms with E-state index in [0.717, 1.165) is 18.7 Å². The van der Waals surface area contributed by atoms with Gasteiger partial charge in [0.05, 0.1) is 12.7 Å². The summed E-state index contributed by atoms with van der Waals surface area (Å²) in [7, 11) is 3.27. The molecule has 1 aromatic rings. The Labute approximate surface area is 171 Å². The fourth-order valence-corrected chi connectivity index (χ4v) is 3.92. The van der Waals surface area contributed by atoms with Gasteiger partial charge in [0.25, 0.3) is 5.92 Å². The monoisotopic (exact) mass is 414 g/mol. The van der Waals surface area contributed by atoms with E-state index in [1.165, 1.54) is 0 Å². The molecule has 0 bridgehead atoms. The van der Waals surface area contributed by atoms with Crippen molar-refractivity contribution in [2.75, 3.05) is 53.6 Å². The first-order valence-electron chi connectivity index (χ1n) is 10.1. The second kappa shape index (κ2) is 9.12. The van der Waals surface area contributed by atoms with Crippen LogP contribution >= 0.6 is 0 Å². The zero-order valence-corrected chi connectivity index (χ0v) is 17.5. The summed E-state index contributed by atoms with van der Waals surface area (Å²) >= 11 is 0. The Bertz CT molecular complexity index is 673. The van der Waals surface area contributed by atoms with Crippen LogP contribution in [0.4, 0.5) is 8.78 Å². The number of alkyl halides is 2. The second-order valence-corrected chi connectivity index (χ2v) is 8.41. The van der Waals surface area contributed by atoms with Gasteiger partial charge in [-0.1, -0.05) is 6.07 Å². The molecule has 0 radical (unpaired) electrons. The van der Waals surface area contributed by atoms with E-state index >= 15 is 0 Å². The van der Waals surface area contributed by atoms with Crippen LogP contribution in [0.1, 0.15) is 25.3 Å². The van der Waals surface area contributed by atoms with E-state index in [0.29, 0.717) is 37.7 Å². The van der Waals surface area contributed by atoms with E-state index in [2.05, 4.69) is 4.90 Å². The highest BCUT2D eigenvalue weighted by Gasteiger charge is 2.39. The molecular formula is C21H32F2N2O4. The Hall–Kier alpha value is -1.48. The fourth-order valence-electron chi connectivity index (χ4n) is 3.92. The number of benzene rings is 1. The summed E-state index contributed by atoms with van der Waals surface area (Å²) in [4.78, 5) is 4.14. The van der Waals surface area contributed by atoms with Crippen LogP contribution in [-0.2, 0) is 11.3 Å². The van der Waals surface area contributed by atoms with Crippen molar-refractivity contribution >= 4 is 0 Å². The van der Waals surface area contributed by atoms with Gasteiger partial charge in [-0.15, -0.1) is 0 Å². The first-order chi connectivity index (χ1) is 13.7. The standard InChI is InChI=1S/C21H32F2N2O4/c1-20(28-3)14-25(15-20)12-17(26)13-29-19-10-16(4-5-18(19)27-2)11-24-8-6-21(22,23)7-9-24/h4-5,10,17,26H,6-9,11-15H2,1-3H3. The summed E-state index contributed by atoms with van der Waals surface area (Å²) in [5, 5.41) is 10.3. The van der Waals surface area contributed by atoms with Crippen LogP contribution in [0.2, 0.25) is 0 Å². The van der Waals surface area contributed by atoms with Crippen molar-refractivity contribution in [2.45, 2.75) is 43.9 Å². The molecule has 1 N–H and O–H groups in total. The molecule has 3 rings (SSSR count). The third-order valence-corrected chi connectivity index (χ3v) is 5.73. The van der Waals surface area contributed by atoms with Crippen LogP contribution in [0, 0.1) is 0 Å². The van der Waals surface area contributed by atoms with Crippen LogP contribution in [0.3, 0.4) is 0 Å². The summed E-state index contributed by atoms with van der Waals surface area (Å²) < 4.78 is 43.3. The van der Waals surface area contributed by atoms with Gasteiger partial charge in [0.2, 0.25) is 0 Å². The zero-order chi connectivity index (χ0) is 21.1. The average molecular weight is 414 g/mol. The molecule has 8 heteroatoms. The highest BCUT2D eigenvalue weighted by molar-refractivity contribution is 5.43. The van der Waals surface area contributed by atoms with Crippen LogP contribution in [0.5, 0.6) is 11.5 Å². The number of β-amino-alcohol motifs (C(OH)–C–C–N with tert-alkyl or cyclic N) is 1. The smallest absolute Gasteiger partial charge is 0.250 e. The molecule has 1 unspecified atom stereocenters. The van der Waals surface area contributed by atoms with Gasteiger partial charge in [-0.05, 0) is 24.6 Å². The van der Waals surface area contributed by atoms with Crippen LogP contribution < -0.4 is 9.47 Å². The number of likely N-dealkylation sites (tertiary alicyclic amines) is 2. The number of piperidine rings is 1. The molecule has 2 heterocycles. The Morgan fingerprint density at radius 2 is 1.79 bits per heavy atom. The van der Waals surface area contributed by atoms with Gasteiger partial charge in [-0.3, -0.25) is 9.80 Å². The average Bonchev–Trinajstić information content (AvgIpc) is 2.67. The maximum Gasteiger partial charge on any atom is 0.250 e. The third-order valence-electron chi connectivity index (χ3n) is 5.73. The van der Waals surface area contributed by atoms with E-state index < -0.39 is 12.0 Å². The molecule has 2 aliphatic rings. The van der Waals surface area contributed by atoms with Crippen molar-refractivity contribution in [1.29, 1.82) is 0 Å². The van der Waals surface area contributed by atoms with Gasteiger partial charge < -0.3 is 19.3 Å². The van der Waals surface area contributed by atoms with E-state index in [1.807, 2.05) is 30.0 Å². The Kier molecular flexibility index (Phi) is 6.98. The predicted octanol–water partition coefficient (Wildman–Crippen LogP) is 2.39. The lowest BCUT2D eigenvalue weighted by molar-refractivity contribution is -0.121. The van der Waals surface area contributed by atoms with E-state index in [-0.39, 0.29) is 25.0 Å². The molecule has 0 aliphatic carbocycles. The van der Waals surface area contributed by atoms with Gasteiger partial charge in [0.15, 0.2) is 11.5 Å². The zero-order valence-electron chi connectivity index (χ0n) is 17.5. The number of hydrogen-bond acceptors (Lipinski definition) is 6. The lowest BCUT2D eigenvalue weighted by atomic mass is 9.96. The van der Waals surface area contributed by atoms with Crippen molar-refractivity contribution in [1.82, 2.24) is 9.80 Å².